The first-order valence-electron chi connectivity index (χ1n) is 5.84. The lowest BCUT2D eigenvalue weighted by molar-refractivity contribution is 0.407. The van der Waals surface area contributed by atoms with Crippen LogP contribution in [0.25, 0.3) is 0 Å². The van der Waals surface area contributed by atoms with Crippen molar-refractivity contribution in [2.75, 3.05) is 13.7 Å². The van der Waals surface area contributed by atoms with Gasteiger partial charge in [-0.2, -0.15) is 0 Å². The lowest BCUT2D eigenvalue weighted by atomic mass is 10.2. The summed E-state index contributed by atoms with van der Waals surface area (Å²) in [5, 5.41) is 3.44. The molecule has 0 spiro atoms. The van der Waals surface area contributed by atoms with Gasteiger partial charge in [0.25, 0.3) is 0 Å². The molecular weight excluding hydrogens is 346 g/mol. The Morgan fingerprint density at radius 3 is 2.82 bits per heavy atom. The van der Waals surface area contributed by atoms with Crippen molar-refractivity contribution in [3.8, 4) is 5.75 Å². The standard InChI is InChI=1S/C13H19Br2NO/c1-3-11(14)6-7-16-9-10-8-12(15)4-5-13(10)17-2/h4-5,8,11,16H,3,6-7,9H2,1-2H3. The predicted octanol–water partition coefficient (Wildman–Crippen LogP) is 4.11. The van der Waals surface area contributed by atoms with Gasteiger partial charge in [-0.15, -0.1) is 0 Å². The molecule has 1 atom stereocenters. The molecular formula is C13H19Br2NO. The number of nitrogens with one attached hydrogen (secondary N) is 1. The Morgan fingerprint density at radius 2 is 2.18 bits per heavy atom. The van der Waals surface area contributed by atoms with Gasteiger partial charge >= 0.3 is 0 Å². The fourth-order valence-electron chi connectivity index (χ4n) is 1.57. The monoisotopic (exact) mass is 363 g/mol. The number of benzene rings is 1. The van der Waals surface area contributed by atoms with E-state index in [2.05, 4.69) is 50.2 Å². The van der Waals surface area contributed by atoms with Crippen LogP contribution in [0.4, 0.5) is 0 Å². The molecule has 1 rings (SSSR count). The van der Waals surface area contributed by atoms with Crippen LogP contribution in [0.5, 0.6) is 5.75 Å². The number of halogens is 2. The van der Waals surface area contributed by atoms with Crippen LogP contribution in [0.2, 0.25) is 0 Å². The summed E-state index contributed by atoms with van der Waals surface area (Å²) in [4.78, 5) is 0.611. The summed E-state index contributed by atoms with van der Waals surface area (Å²) in [6.07, 6.45) is 2.31. The van der Waals surface area contributed by atoms with Crippen molar-refractivity contribution in [3.63, 3.8) is 0 Å². The maximum atomic E-state index is 5.33. The quantitative estimate of drug-likeness (QED) is 0.580. The molecule has 0 aliphatic heterocycles. The molecule has 0 amide bonds. The highest BCUT2D eigenvalue weighted by Crippen LogP contribution is 2.22. The summed E-state index contributed by atoms with van der Waals surface area (Å²) < 4.78 is 6.41. The Balaban J connectivity index is 2.42. The SMILES string of the molecule is CCC(Br)CCNCc1cc(Br)ccc1OC. The first kappa shape index (κ1) is 15.0. The summed E-state index contributed by atoms with van der Waals surface area (Å²) in [5.74, 6) is 0.937. The Bertz CT molecular complexity index is 344. The highest BCUT2D eigenvalue weighted by molar-refractivity contribution is 9.10. The predicted molar refractivity (Wildman–Crippen MR) is 80.0 cm³/mol. The minimum atomic E-state index is 0.611. The Kier molecular flexibility index (Phi) is 7.16. The number of rotatable bonds is 7. The first-order valence-corrected chi connectivity index (χ1v) is 7.55. The van der Waals surface area contributed by atoms with Gasteiger partial charge in [0.05, 0.1) is 7.11 Å². The van der Waals surface area contributed by atoms with E-state index in [1.54, 1.807) is 7.11 Å². The first-order chi connectivity index (χ1) is 8.17. The second-order valence-corrected chi connectivity index (χ2v) is 6.14. The van der Waals surface area contributed by atoms with Crippen molar-refractivity contribution >= 4 is 31.9 Å². The summed E-state index contributed by atoms with van der Waals surface area (Å²) in [6.45, 7) is 4.04. The minimum absolute atomic E-state index is 0.611. The third-order valence-corrected chi connectivity index (χ3v) is 4.23. The lowest BCUT2D eigenvalue weighted by Gasteiger charge is -2.11. The fraction of sp³-hybridized carbons (Fsp3) is 0.538. The Morgan fingerprint density at radius 1 is 1.41 bits per heavy atom. The number of alkyl halides is 1. The van der Waals surface area contributed by atoms with Crippen molar-refractivity contribution in [1.29, 1.82) is 0 Å². The van der Waals surface area contributed by atoms with E-state index in [1.807, 2.05) is 12.1 Å². The highest BCUT2D eigenvalue weighted by Gasteiger charge is 2.04. The maximum absolute atomic E-state index is 5.33. The van der Waals surface area contributed by atoms with Crippen molar-refractivity contribution in [1.82, 2.24) is 5.32 Å². The summed E-state index contributed by atoms with van der Waals surface area (Å²) in [7, 11) is 1.71. The second kappa shape index (κ2) is 8.11. The average molecular weight is 365 g/mol. The molecule has 1 aromatic rings. The van der Waals surface area contributed by atoms with Gasteiger partial charge in [0, 0.05) is 21.4 Å². The second-order valence-electron chi connectivity index (χ2n) is 3.93. The molecule has 0 saturated heterocycles. The summed E-state index contributed by atoms with van der Waals surface area (Å²) in [6, 6.07) is 6.08. The topological polar surface area (TPSA) is 21.3 Å². The number of hydrogen-bond acceptors (Lipinski definition) is 2. The van der Waals surface area contributed by atoms with Crippen LogP contribution in [0.15, 0.2) is 22.7 Å². The number of methoxy groups -OCH3 is 1. The van der Waals surface area contributed by atoms with E-state index >= 15 is 0 Å². The van der Waals surface area contributed by atoms with Gasteiger partial charge in [-0.3, -0.25) is 0 Å². The van der Waals surface area contributed by atoms with Crippen LogP contribution in [0, 0.1) is 0 Å². The van der Waals surface area contributed by atoms with Crippen molar-refractivity contribution in [2.45, 2.75) is 31.1 Å². The van der Waals surface area contributed by atoms with E-state index in [0.717, 1.165) is 29.7 Å². The van der Waals surface area contributed by atoms with Gasteiger partial charge in [-0.25, -0.2) is 0 Å². The normalized spacial score (nSPS) is 12.5. The van der Waals surface area contributed by atoms with Crippen LogP contribution < -0.4 is 10.1 Å². The zero-order valence-electron chi connectivity index (χ0n) is 10.3. The van der Waals surface area contributed by atoms with E-state index < -0.39 is 0 Å². The van der Waals surface area contributed by atoms with E-state index in [-0.39, 0.29) is 0 Å². The largest absolute Gasteiger partial charge is 0.496 e. The van der Waals surface area contributed by atoms with Gasteiger partial charge in [0.2, 0.25) is 0 Å². The molecule has 0 bridgehead atoms. The third-order valence-electron chi connectivity index (χ3n) is 2.64. The van der Waals surface area contributed by atoms with Gasteiger partial charge in [0.15, 0.2) is 0 Å². The molecule has 4 heteroatoms. The zero-order chi connectivity index (χ0) is 12.7. The average Bonchev–Trinajstić information content (AvgIpc) is 2.34. The molecule has 1 N–H and O–H groups in total. The van der Waals surface area contributed by atoms with Gasteiger partial charge in [0.1, 0.15) is 5.75 Å². The van der Waals surface area contributed by atoms with Crippen LogP contribution in [0.1, 0.15) is 25.3 Å². The van der Waals surface area contributed by atoms with Gasteiger partial charge < -0.3 is 10.1 Å². The zero-order valence-corrected chi connectivity index (χ0v) is 13.5. The van der Waals surface area contributed by atoms with Gasteiger partial charge in [-0.1, -0.05) is 38.8 Å². The molecule has 0 fully saturated rings. The van der Waals surface area contributed by atoms with E-state index in [9.17, 15) is 0 Å². The van der Waals surface area contributed by atoms with Crippen LogP contribution in [-0.2, 0) is 6.54 Å². The molecule has 2 nitrogen and oxygen atoms in total. The van der Waals surface area contributed by atoms with E-state index in [4.69, 9.17) is 4.74 Å². The van der Waals surface area contributed by atoms with E-state index in [0.29, 0.717) is 4.83 Å². The van der Waals surface area contributed by atoms with Crippen LogP contribution in [-0.4, -0.2) is 18.5 Å². The molecule has 0 aliphatic carbocycles. The molecule has 1 unspecified atom stereocenters. The van der Waals surface area contributed by atoms with Crippen LogP contribution in [0.3, 0.4) is 0 Å². The van der Waals surface area contributed by atoms with Crippen molar-refractivity contribution < 1.29 is 4.74 Å². The molecule has 0 radical (unpaired) electrons. The number of hydrogen-bond donors (Lipinski definition) is 1. The smallest absolute Gasteiger partial charge is 0.123 e. The highest BCUT2D eigenvalue weighted by atomic mass is 79.9. The molecule has 17 heavy (non-hydrogen) atoms. The third kappa shape index (κ3) is 5.40. The maximum Gasteiger partial charge on any atom is 0.123 e. The van der Waals surface area contributed by atoms with Gasteiger partial charge in [-0.05, 0) is 37.6 Å². The molecule has 0 saturated carbocycles. The van der Waals surface area contributed by atoms with Crippen molar-refractivity contribution in [2.24, 2.45) is 0 Å². The van der Waals surface area contributed by atoms with Crippen molar-refractivity contribution in [3.05, 3.63) is 28.2 Å². The molecule has 0 aliphatic rings. The Hall–Kier alpha value is -0.0600. The summed E-state index contributed by atoms with van der Waals surface area (Å²) in [5.41, 5.74) is 1.18. The lowest BCUT2D eigenvalue weighted by Crippen LogP contribution is -2.18. The number of ether oxygens (including phenoxy) is 1. The van der Waals surface area contributed by atoms with E-state index in [1.165, 1.54) is 12.0 Å². The molecule has 0 heterocycles. The molecule has 96 valence electrons. The minimum Gasteiger partial charge on any atom is -0.496 e. The Labute approximate surface area is 120 Å². The fourth-order valence-corrected chi connectivity index (χ4v) is 2.21. The molecule has 0 aromatic heterocycles. The molecule has 1 aromatic carbocycles. The summed E-state index contributed by atoms with van der Waals surface area (Å²) >= 11 is 7.11. The van der Waals surface area contributed by atoms with Crippen LogP contribution >= 0.6 is 31.9 Å².